The van der Waals surface area contributed by atoms with E-state index in [4.69, 9.17) is 9.84 Å². The van der Waals surface area contributed by atoms with Crippen molar-refractivity contribution in [3.05, 3.63) is 72.9 Å². The molecule has 0 fully saturated rings. The number of carboxylic acids is 1. The molecule has 4 nitrogen and oxygen atoms in total. The zero-order valence-electron chi connectivity index (χ0n) is 22.8. The summed E-state index contributed by atoms with van der Waals surface area (Å²) in [4.78, 5) is 23.1. The molecule has 0 spiro atoms. The van der Waals surface area contributed by atoms with Crippen LogP contribution in [-0.2, 0) is 14.3 Å². The quantitative estimate of drug-likeness (QED) is 0.0866. The molecular weight excluding hydrogens is 448 g/mol. The average molecular weight is 499 g/mol. The molecule has 0 aromatic carbocycles. The van der Waals surface area contributed by atoms with E-state index in [0.717, 1.165) is 57.8 Å². The Hall–Kier alpha value is -2.62. The van der Waals surface area contributed by atoms with Crippen molar-refractivity contribution in [2.24, 2.45) is 0 Å². The fraction of sp³-hybridized carbons (Fsp3) is 0.562. The molecule has 0 amide bonds. The number of hydrogen-bond donors (Lipinski definition) is 1. The van der Waals surface area contributed by atoms with Gasteiger partial charge < -0.3 is 9.84 Å². The average Bonchev–Trinajstić information content (AvgIpc) is 2.85. The Morgan fingerprint density at radius 3 is 1.61 bits per heavy atom. The molecule has 0 aliphatic rings. The van der Waals surface area contributed by atoms with Gasteiger partial charge in [-0.1, -0.05) is 112 Å². The van der Waals surface area contributed by atoms with Crippen LogP contribution in [0.3, 0.4) is 0 Å². The van der Waals surface area contributed by atoms with Crippen molar-refractivity contribution >= 4 is 11.9 Å². The highest BCUT2D eigenvalue weighted by Crippen LogP contribution is 2.13. The number of carboxylic acid groups (broad SMARTS) is 1. The molecular formula is C32H50O4. The first-order chi connectivity index (χ1) is 17.6. The van der Waals surface area contributed by atoms with Gasteiger partial charge in [0.2, 0.25) is 0 Å². The van der Waals surface area contributed by atoms with Gasteiger partial charge in [0.25, 0.3) is 0 Å². The first kappa shape index (κ1) is 33.4. The van der Waals surface area contributed by atoms with Gasteiger partial charge in [0.15, 0.2) is 0 Å². The number of unbranched alkanes of at least 4 members (excludes halogenated alkanes) is 4. The standard InChI is InChI=1S/C32H50O4/c1-3-5-7-9-10-11-12-13-14-15-16-17-18-19-20-21-22-24-26-28-32(35)36-30(29-31(33)34)27-25-23-8-6-4-2/h5,7,10-11,13-14,16-17,19-20,22,24,30H,3-4,6,8-9,12,15,18,21,23,25-29H2,1-2H3,(H,33,34)/b7-5-,11-10-,14-13-,17-16-,20-19-,24-22-. The molecule has 202 valence electrons. The second-order valence-electron chi connectivity index (χ2n) is 8.87. The zero-order valence-corrected chi connectivity index (χ0v) is 22.8. The minimum Gasteiger partial charge on any atom is -0.481 e. The number of ether oxygens (including phenoxy) is 1. The Morgan fingerprint density at radius 2 is 1.14 bits per heavy atom. The summed E-state index contributed by atoms with van der Waals surface area (Å²) in [5.41, 5.74) is 0. The van der Waals surface area contributed by atoms with Gasteiger partial charge in [0.1, 0.15) is 6.10 Å². The molecule has 0 aromatic heterocycles. The Labute approximate surface area is 220 Å². The van der Waals surface area contributed by atoms with Gasteiger partial charge in [-0.2, -0.15) is 0 Å². The summed E-state index contributed by atoms with van der Waals surface area (Å²) >= 11 is 0. The van der Waals surface area contributed by atoms with Crippen LogP contribution in [0.4, 0.5) is 0 Å². The lowest BCUT2D eigenvalue weighted by Gasteiger charge is -2.16. The van der Waals surface area contributed by atoms with Crippen molar-refractivity contribution in [1.29, 1.82) is 0 Å². The van der Waals surface area contributed by atoms with Gasteiger partial charge in [-0.25, -0.2) is 0 Å². The molecule has 0 bridgehead atoms. The Kier molecular flexibility index (Phi) is 25.0. The third kappa shape index (κ3) is 26.0. The summed E-state index contributed by atoms with van der Waals surface area (Å²) in [7, 11) is 0. The van der Waals surface area contributed by atoms with Crippen LogP contribution in [0, 0.1) is 0 Å². The van der Waals surface area contributed by atoms with E-state index in [9.17, 15) is 9.59 Å². The Balaban J connectivity index is 3.88. The van der Waals surface area contributed by atoms with E-state index in [0.29, 0.717) is 12.8 Å². The van der Waals surface area contributed by atoms with Crippen LogP contribution < -0.4 is 0 Å². The molecule has 0 aliphatic heterocycles. The molecule has 0 aromatic rings. The SMILES string of the molecule is CC/C=C\C/C=C\C/C=C\C/C=C\C/C=C\C/C=C\CCC(=O)OC(CCCCCCC)CC(=O)O. The maximum absolute atomic E-state index is 12.1. The van der Waals surface area contributed by atoms with Gasteiger partial charge in [-0.05, 0) is 57.8 Å². The van der Waals surface area contributed by atoms with Crippen molar-refractivity contribution in [3.63, 3.8) is 0 Å². The Bertz CT molecular complexity index is 710. The number of esters is 1. The summed E-state index contributed by atoms with van der Waals surface area (Å²) in [6, 6.07) is 0. The Morgan fingerprint density at radius 1 is 0.667 bits per heavy atom. The molecule has 36 heavy (non-hydrogen) atoms. The molecule has 0 rings (SSSR count). The molecule has 0 aliphatic carbocycles. The highest BCUT2D eigenvalue weighted by atomic mass is 16.5. The molecule has 0 radical (unpaired) electrons. The zero-order chi connectivity index (χ0) is 26.5. The minimum absolute atomic E-state index is 0.112. The third-order valence-electron chi connectivity index (χ3n) is 5.44. The molecule has 0 heterocycles. The van der Waals surface area contributed by atoms with E-state index in [1.54, 1.807) is 0 Å². The first-order valence-corrected chi connectivity index (χ1v) is 13.9. The fourth-order valence-electron chi connectivity index (χ4n) is 3.46. The van der Waals surface area contributed by atoms with E-state index < -0.39 is 12.1 Å². The second-order valence-corrected chi connectivity index (χ2v) is 8.87. The van der Waals surface area contributed by atoms with Crippen molar-refractivity contribution in [2.75, 3.05) is 0 Å². The number of aliphatic carboxylic acids is 1. The van der Waals surface area contributed by atoms with Crippen LogP contribution in [0.15, 0.2) is 72.9 Å². The normalized spacial score (nSPS) is 13.4. The molecule has 0 saturated heterocycles. The van der Waals surface area contributed by atoms with E-state index >= 15 is 0 Å². The fourth-order valence-corrected chi connectivity index (χ4v) is 3.46. The van der Waals surface area contributed by atoms with Crippen molar-refractivity contribution < 1.29 is 19.4 Å². The van der Waals surface area contributed by atoms with Gasteiger partial charge >= 0.3 is 11.9 Å². The van der Waals surface area contributed by atoms with E-state index in [-0.39, 0.29) is 18.8 Å². The van der Waals surface area contributed by atoms with Crippen LogP contribution in [0.5, 0.6) is 0 Å². The van der Waals surface area contributed by atoms with Crippen molar-refractivity contribution in [3.8, 4) is 0 Å². The van der Waals surface area contributed by atoms with Crippen LogP contribution in [-0.4, -0.2) is 23.1 Å². The molecule has 0 saturated carbocycles. The van der Waals surface area contributed by atoms with Gasteiger partial charge in [0, 0.05) is 6.42 Å². The lowest BCUT2D eigenvalue weighted by atomic mass is 10.1. The summed E-state index contributed by atoms with van der Waals surface area (Å²) < 4.78 is 5.42. The number of hydrogen-bond acceptors (Lipinski definition) is 3. The van der Waals surface area contributed by atoms with E-state index in [1.165, 1.54) is 12.8 Å². The molecule has 1 N–H and O–H groups in total. The smallest absolute Gasteiger partial charge is 0.307 e. The van der Waals surface area contributed by atoms with Gasteiger partial charge in [0.05, 0.1) is 6.42 Å². The lowest BCUT2D eigenvalue weighted by Crippen LogP contribution is -2.21. The number of carbonyl (C=O) groups is 2. The van der Waals surface area contributed by atoms with Gasteiger partial charge in [-0.15, -0.1) is 0 Å². The van der Waals surface area contributed by atoms with Gasteiger partial charge in [-0.3, -0.25) is 9.59 Å². The monoisotopic (exact) mass is 498 g/mol. The number of allylic oxidation sites excluding steroid dienone is 12. The summed E-state index contributed by atoms with van der Waals surface area (Å²) in [5, 5.41) is 9.06. The minimum atomic E-state index is -0.918. The number of carbonyl (C=O) groups excluding carboxylic acids is 1. The maximum atomic E-state index is 12.1. The molecule has 4 heteroatoms. The highest BCUT2D eigenvalue weighted by molar-refractivity contribution is 5.71. The molecule has 1 unspecified atom stereocenters. The van der Waals surface area contributed by atoms with Crippen molar-refractivity contribution in [1.82, 2.24) is 0 Å². The predicted molar refractivity (Wildman–Crippen MR) is 153 cm³/mol. The van der Waals surface area contributed by atoms with E-state index in [2.05, 4.69) is 74.6 Å². The lowest BCUT2D eigenvalue weighted by molar-refractivity contribution is -0.153. The topological polar surface area (TPSA) is 63.6 Å². The largest absolute Gasteiger partial charge is 0.481 e. The maximum Gasteiger partial charge on any atom is 0.307 e. The van der Waals surface area contributed by atoms with E-state index in [1.807, 2.05) is 12.2 Å². The second kappa shape index (κ2) is 27.0. The summed E-state index contributed by atoms with van der Waals surface area (Å²) in [5.74, 6) is -1.23. The molecule has 1 atom stereocenters. The predicted octanol–water partition coefficient (Wildman–Crippen LogP) is 9.21. The van der Waals surface area contributed by atoms with Crippen LogP contribution in [0.25, 0.3) is 0 Å². The highest BCUT2D eigenvalue weighted by Gasteiger charge is 2.17. The van der Waals surface area contributed by atoms with Crippen LogP contribution in [0.2, 0.25) is 0 Å². The van der Waals surface area contributed by atoms with Crippen molar-refractivity contribution in [2.45, 2.75) is 116 Å². The summed E-state index contributed by atoms with van der Waals surface area (Å²) in [6.07, 6.45) is 38.0. The number of rotatable bonds is 23. The van der Waals surface area contributed by atoms with Crippen LogP contribution in [0.1, 0.15) is 110 Å². The summed E-state index contributed by atoms with van der Waals surface area (Å²) in [6.45, 7) is 4.31. The van der Waals surface area contributed by atoms with Crippen LogP contribution >= 0.6 is 0 Å². The third-order valence-corrected chi connectivity index (χ3v) is 5.44. The first-order valence-electron chi connectivity index (χ1n) is 13.9.